The highest BCUT2D eigenvalue weighted by Gasteiger charge is 2.39. The summed E-state index contributed by atoms with van der Waals surface area (Å²) in [7, 11) is -5.06. The highest BCUT2D eigenvalue weighted by molar-refractivity contribution is 7.89. The Balaban J connectivity index is 2.29. The molecular weight excluding hydrogens is 530 g/mol. The average Bonchev–Trinajstić information content (AvgIpc) is 2.92. The minimum atomic E-state index is -5.06. The van der Waals surface area contributed by atoms with Crippen molar-refractivity contribution in [3.63, 3.8) is 0 Å². The van der Waals surface area contributed by atoms with Crippen molar-refractivity contribution in [2.24, 2.45) is 11.8 Å². The molecule has 0 aromatic heterocycles. The fourth-order valence-electron chi connectivity index (χ4n) is 3.91. The van der Waals surface area contributed by atoms with Crippen molar-refractivity contribution in [3.05, 3.63) is 60.1 Å². The van der Waals surface area contributed by atoms with Gasteiger partial charge in [0.25, 0.3) is 0 Å². The molecule has 2 aromatic carbocycles. The molecule has 40 heavy (non-hydrogen) atoms. The van der Waals surface area contributed by atoms with Crippen molar-refractivity contribution >= 4 is 27.7 Å². The van der Waals surface area contributed by atoms with Gasteiger partial charge < -0.3 is 15.5 Å². The maximum Gasteiger partial charge on any atom is 0.408 e. The summed E-state index contributed by atoms with van der Waals surface area (Å²) in [6, 6.07) is 0.0188. The van der Waals surface area contributed by atoms with Crippen LogP contribution >= 0.6 is 0 Å². The number of rotatable bonds is 12. The summed E-state index contributed by atoms with van der Waals surface area (Å²) < 4.78 is 107. The van der Waals surface area contributed by atoms with E-state index in [2.05, 4.69) is 5.32 Å². The highest BCUT2D eigenvalue weighted by Crippen LogP contribution is 2.29. The number of amides is 2. The molecule has 10 heteroatoms. The molecule has 9 nitrogen and oxygen atoms in total. The molecule has 3 rings (SSSR count). The van der Waals surface area contributed by atoms with Crippen LogP contribution in [0.3, 0.4) is 0 Å². The van der Waals surface area contributed by atoms with Gasteiger partial charge in [0.15, 0.2) is 0 Å². The van der Waals surface area contributed by atoms with E-state index < -0.39 is 87.7 Å². The molecule has 1 saturated carbocycles. The quantitative estimate of drug-likeness (QED) is 0.329. The number of aliphatic hydroxyl groups is 1. The Morgan fingerprint density at radius 2 is 1.82 bits per heavy atom. The monoisotopic (exact) mass is 582 g/mol. The zero-order valence-corrected chi connectivity index (χ0v) is 24.1. The number of hydrogen-bond donors (Lipinski definition) is 3. The number of carbonyl (C=O) groups is 2. The summed E-state index contributed by atoms with van der Waals surface area (Å²) in [5.74, 6) is -1.10. The molecule has 0 bridgehead atoms. The van der Waals surface area contributed by atoms with Crippen LogP contribution < -0.4 is 5.32 Å². The fraction of sp³-hybridized carbons (Fsp3) is 0.533. The van der Waals surface area contributed by atoms with E-state index >= 15 is 0 Å². The molecule has 0 radical (unpaired) electrons. The van der Waals surface area contributed by atoms with E-state index in [9.17, 15) is 29.6 Å². The van der Waals surface area contributed by atoms with Crippen LogP contribution in [0.5, 0.6) is 0 Å². The smallest absolute Gasteiger partial charge is 0.408 e. The van der Waals surface area contributed by atoms with E-state index in [0.29, 0.717) is 0 Å². The first-order valence-corrected chi connectivity index (χ1v) is 14.4. The molecule has 2 aromatic rings. The van der Waals surface area contributed by atoms with Crippen molar-refractivity contribution in [1.29, 1.82) is 0 Å². The van der Waals surface area contributed by atoms with Crippen molar-refractivity contribution in [2.45, 2.75) is 82.8 Å². The Labute approximate surface area is 250 Å². The number of nitrogens with zero attached hydrogens (tertiary/aromatic N) is 2. The predicted molar refractivity (Wildman–Crippen MR) is 156 cm³/mol. The molecule has 1 aliphatic rings. The lowest BCUT2D eigenvalue weighted by Gasteiger charge is -2.42. The van der Waals surface area contributed by atoms with Gasteiger partial charge >= 0.3 is 6.09 Å². The Bertz CT molecular complexity index is 1680. The number of carbonyl (C=O) groups excluding carboxylic acids is 1. The summed E-state index contributed by atoms with van der Waals surface area (Å²) in [6.45, 7) is 1.85. The van der Waals surface area contributed by atoms with E-state index in [1.807, 2.05) is 0 Å². The lowest BCUT2D eigenvalue weighted by molar-refractivity contribution is -0.122. The molecule has 0 heterocycles. The van der Waals surface area contributed by atoms with E-state index in [-0.39, 0.29) is 26.7 Å². The Morgan fingerprint density at radius 3 is 2.35 bits per heavy atom. The van der Waals surface area contributed by atoms with Gasteiger partial charge in [0.05, 0.1) is 23.8 Å². The van der Waals surface area contributed by atoms with Gasteiger partial charge in [0.1, 0.15) is 0 Å². The highest BCUT2D eigenvalue weighted by atomic mass is 32.2. The van der Waals surface area contributed by atoms with Crippen LogP contribution in [-0.2, 0) is 21.2 Å². The SMILES string of the molecule is [2H]c1ccc(C([2H])([2H])[C@]([2H])([14N](C(=O)O)C(C)(C)C)[C@]([2H])(O)C([2H])([2H])N(CC(C)C)S(=O)(=O)c2ccc(NC(=O)C3CCC3)cc2)c([2H])c1[2H]. The minimum absolute atomic E-state index is 0.0117. The Morgan fingerprint density at radius 1 is 1.18 bits per heavy atom. The van der Waals surface area contributed by atoms with Crippen molar-refractivity contribution in [3.8, 4) is 0 Å². The molecule has 0 saturated heterocycles. The molecule has 2 amide bonds. The Hall–Kier alpha value is -2.95. The second-order valence-corrected chi connectivity index (χ2v) is 12.8. The van der Waals surface area contributed by atoms with Gasteiger partial charge in [-0.2, -0.15) is 4.31 Å². The Kier molecular flexibility index (Phi) is 6.85. The van der Waals surface area contributed by atoms with Crippen molar-refractivity contribution in [2.75, 3.05) is 18.4 Å². The van der Waals surface area contributed by atoms with Gasteiger partial charge in [-0.15, -0.1) is 0 Å². The predicted octanol–water partition coefficient (Wildman–Crippen LogP) is 4.82. The van der Waals surface area contributed by atoms with E-state index in [1.165, 1.54) is 46.8 Å². The molecule has 220 valence electrons. The molecule has 3 N–H and O–H groups in total. The van der Waals surface area contributed by atoms with Crippen LogP contribution in [0.1, 0.15) is 71.8 Å². The second kappa shape index (κ2) is 13.1. The summed E-state index contributed by atoms with van der Waals surface area (Å²) in [4.78, 5) is 24.7. The first-order valence-electron chi connectivity index (χ1n) is 17.4. The van der Waals surface area contributed by atoms with Crippen molar-refractivity contribution < 1.29 is 40.6 Å². The minimum Gasteiger partial charge on any atom is -0.465 e. The average molecular weight is 583 g/mol. The van der Waals surface area contributed by atoms with Crippen LogP contribution in [0.4, 0.5) is 10.5 Å². The number of hydrogen-bond acceptors (Lipinski definition) is 5. The largest absolute Gasteiger partial charge is 0.465 e. The van der Waals surface area contributed by atoms with Gasteiger partial charge in [-0.3, -0.25) is 9.69 Å². The maximum absolute atomic E-state index is 14.2. The van der Waals surface area contributed by atoms with Gasteiger partial charge in [0, 0.05) is 35.7 Å². The summed E-state index contributed by atoms with van der Waals surface area (Å²) in [5, 5.41) is 25.1. The fourth-order valence-corrected chi connectivity index (χ4v) is 5.35. The lowest BCUT2D eigenvalue weighted by atomic mass is 9.85. The zero-order valence-electron chi connectivity index (χ0n) is 32.3. The van der Waals surface area contributed by atoms with Crippen LogP contribution in [0.2, 0.25) is 0 Å². The molecule has 0 spiro atoms. The lowest BCUT2D eigenvalue weighted by Crippen LogP contribution is -2.58. The second-order valence-electron chi connectivity index (χ2n) is 10.9. The number of anilines is 1. The molecule has 0 aliphatic heterocycles. The third-order valence-electron chi connectivity index (χ3n) is 6.11. The van der Waals surface area contributed by atoms with E-state index in [1.54, 1.807) is 0 Å². The van der Waals surface area contributed by atoms with Crippen molar-refractivity contribution in [1.82, 2.24) is 9.21 Å². The van der Waals surface area contributed by atoms with Gasteiger partial charge in [-0.05, 0) is 75.7 Å². The van der Waals surface area contributed by atoms with Crippen LogP contribution in [-0.4, -0.2) is 70.5 Å². The number of carboxylic acid groups (broad SMARTS) is 1. The van der Waals surface area contributed by atoms with Gasteiger partial charge in [-0.1, -0.05) is 50.5 Å². The number of benzene rings is 2. The molecule has 1 aliphatic carbocycles. The number of sulfonamides is 1. The maximum atomic E-state index is 14.2. The summed E-state index contributed by atoms with van der Waals surface area (Å²) in [6.07, 6.45) is -7.74. The zero-order chi connectivity index (χ0) is 37.7. The van der Waals surface area contributed by atoms with E-state index in [0.717, 1.165) is 43.5 Å². The van der Waals surface area contributed by atoms with Crippen LogP contribution in [0, 0.1) is 11.8 Å². The third kappa shape index (κ3) is 8.05. The first-order chi connectivity index (χ1) is 22.2. The molecular formula is C30H43N3O6S. The summed E-state index contributed by atoms with van der Waals surface area (Å²) in [5.41, 5.74) is -2.52. The van der Waals surface area contributed by atoms with Crippen LogP contribution in [0.25, 0.3) is 0 Å². The summed E-state index contributed by atoms with van der Waals surface area (Å²) >= 11 is 0. The molecule has 1 fully saturated rings. The van der Waals surface area contributed by atoms with Gasteiger partial charge in [-0.25, -0.2) is 13.2 Å². The number of nitrogens with one attached hydrogen (secondary N) is 1. The molecule has 0 unspecified atom stereocenters. The first kappa shape index (κ1) is 20.9. The standard InChI is InChI=1S/C30H43N3O6S/c1-21(2)19-32(40(38,39)25-16-14-24(15-17-25)31-28(35)23-12-9-13-23)20-27(34)26(18-22-10-7-6-8-11-22)33(29(36)37)30(3,4)5/h6-8,10-11,14-17,21,23,26-27,34H,9,12-13,18-20H2,1-5H3,(H,31,35)(H,36,37)/t26-,27+/m0/s1/i6D,7D,10D,18D2,20D2,26D,27D,33+0. The third-order valence-corrected chi connectivity index (χ3v) is 7.80. The van der Waals surface area contributed by atoms with Crippen LogP contribution in [0.15, 0.2) is 59.4 Å². The molecule has 2 atom stereocenters. The normalized spacial score (nSPS) is 21.4. The topological polar surface area (TPSA) is 127 Å². The van der Waals surface area contributed by atoms with Gasteiger partial charge in [0.2, 0.25) is 15.9 Å². The van der Waals surface area contributed by atoms with E-state index in [4.69, 9.17) is 11.0 Å².